The number of carbonyl (C=O) groups is 1. The molecule has 164 valence electrons. The number of methoxy groups -OCH3 is 1. The van der Waals surface area contributed by atoms with E-state index in [4.69, 9.17) is 19.5 Å². The Morgan fingerprint density at radius 2 is 2.06 bits per heavy atom. The lowest BCUT2D eigenvalue weighted by atomic mass is 9.94. The maximum absolute atomic E-state index is 12.9. The van der Waals surface area contributed by atoms with E-state index < -0.39 is 12.0 Å². The van der Waals surface area contributed by atoms with Crippen molar-refractivity contribution in [2.75, 3.05) is 25.6 Å². The van der Waals surface area contributed by atoms with Gasteiger partial charge in [-0.1, -0.05) is 26.3 Å². The minimum Gasteiger partial charge on any atom is -0.487 e. The van der Waals surface area contributed by atoms with Gasteiger partial charge in [0.2, 0.25) is 0 Å². The van der Waals surface area contributed by atoms with Crippen LogP contribution in [0, 0.1) is 11.3 Å². The van der Waals surface area contributed by atoms with Gasteiger partial charge in [-0.2, -0.15) is 5.26 Å². The summed E-state index contributed by atoms with van der Waals surface area (Å²) < 4.78 is 17.1. The van der Waals surface area contributed by atoms with Crippen molar-refractivity contribution in [1.29, 1.82) is 5.26 Å². The SMILES string of the molecule is CCCc1cc(CC)cc(C(Nc2ccc(C#N)cc2)C(=O)OC)c1OC1CCOC1. The molecule has 6 nitrogen and oxygen atoms in total. The first kappa shape index (κ1) is 22.6. The molecule has 2 atom stereocenters. The second-order valence-corrected chi connectivity index (χ2v) is 7.67. The summed E-state index contributed by atoms with van der Waals surface area (Å²) in [7, 11) is 1.39. The van der Waals surface area contributed by atoms with Crippen molar-refractivity contribution in [3.8, 4) is 11.8 Å². The topological polar surface area (TPSA) is 80.6 Å². The van der Waals surface area contributed by atoms with Gasteiger partial charge in [0, 0.05) is 17.7 Å². The molecule has 0 spiro atoms. The Kier molecular flexibility index (Phi) is 7.91. The van der Waals surface area contributed by atoms with Crippen molar-refractivity contribution in [2.24, 2.45) is 0 Å². The molecule has 0 radical (unpaired) electrons. The predicted octanol–water partition coefficient (Wildman–Crippen LogP) is 4.57. The van der Waals surface area contributed by atoms with Crippen molar-refractivity contribution in [1.82, 2.24) is 0 Å². The van der Waals surface area contributed by atoms with Crippen molar-refractivity contribution in [3.05, 3.63) is 58.7 Å². The summed E-state index contributed by atoms with van der Waals surface area (Å²) in [5, 5.41) is 12.3. The van der Waals surface area contributed by atoms with Crippen LogP contribution in [0.3, 0.4) is 0 Å². The normalized spacial score (nSPS) is 16.4. The molecule has 0 bridgehead atoms. The van der Waals surface area contributed by atoms with E-state index >= 15 is 0 Å². The van der Waals surface area contributed by atoms with Crippen LogP contribution in [0.2, 0.25) is 0 Å². The molecule has 2 unspecified atom stereocenters. The van der Waals surface area contributed by atoms with Gasteiger partial charge in [-0.3, -0.25) is 0 Å². The van der Waals surface area contributed by atoms with E-state index in [1.54, 1.807) is 24.3 Å². The van der Waals surface area contributed by atoms with Crippen molar-refractivity contribution >= 4 is 11.7 Å². The minimum atomic E-state index is -0.739. The molecule has 6 heteroatoms. The van der Waals surface area contributed by atoms with E-state index in [9.17, 15) is 4.79 Å². The summed E-state index contributed by atoms with van der Waals surface area (Å²) in [6, 6.07) is 12.6. The third-order valence-electron chi connectivity index (χ3n) is 5.43. The summed E-state index contributed by atoms with van der Waals surface area (Å²) in [6.07, 6.45) is 3.47. The summed E-state index contributed by atoms with van der Waals surface area (Å²) in [5.74, 6) is 0.346. The summed E-state index contributed by atoms with van der Waals surface area (Å²) in [6.45, 7) is 5.46. The Balaban J connectivity index is 2.06. The maximum atomic E-state index is 12.9. The Morgan fingerprint density at radius 3 is 2.65 bits per heavy atom. The van der Waals surface area contributed by atoms with Crippen molar-refractivity contribution < 1.29 is 19.0 Å². The number of hydrogen-bond donors (Lipinski definition) is 1. The zero-order valence-electron chi connectivity index (χ0n) is 18.4. The number of nitrogens with zero attached hydrogens (tertiary/aromatic N) is 1. The highest BCUT2D eigenvalue weighted by molar-refractivity contribution is 5.82. The third kappa shape index (κ3) is 5.56. The van der Waals surface area contributed by atoms with E-state index in [0.717, 1.165) is 53.8 Å². The highest BCUT2D eigenvalue weighted by atomic mass is 16.5. The Labute approximate surface area is 184 Å². The number of nitrogens with one attached hydrogen (secondary N) is 1. The summed E-state index contributed by atoms with van der Waals surface area (Å²) >= 11 is 0. The number of nitriles is 1. The van der Waals surface area contributed by atoms with Gasteiger partial charge in [0.05, 0.1) is 32.0 Å². The monoisotopic (exact) mass is 422 g/mol. The van der Waals surface area contributed by atoms with Crippen LogP contribution in [0.25, 0.3) is 0 Å². The molecular formula is C25H30N2O4. The van der Waals surface area contributed by atoms with Gasteiger partial charge in [0.15, 0.2) is 6.04 Å². The smallest absolute Gasteiger partial charge is 0.333 e. The molecule has 0 amide bonds. The van der Waals surface area contributed by atoms with E-state index in [1.807, 2.05) is 6.07 Å². The van der Waals surface area contributed by atoms with Crippen LogP contribution in [0.5, 0.6) is 5.75 Å². The molecule has 1 aliphatic heterocycles. The molecule has 1 N–H and O–H groups in total. The molecule has 1 heterocycles. The van der Waals surface area contributed by atoms with Gasteiger partial charge < -0.3 is 19.5 Å². The van der Waals surface area contributed by atoms with Crippen LogP contribution in [-0.4, -0.2) is 32.4 Å². The number of carbonyl (C=O) groups excluding carboxylic acids is 1. The van der Waals surface area contributed by atoms with E-state index in [2.05, 4.69) is 31.3 Å². The maximum Gasteiger partial charge on any atom is 0.333 e. The van der Waals surface area contributed by atoms with Gasteiger partial charge in [-0.05, 0) is 54.3 Å². The molecule has 0 saturated carbocycles. The highest BCUT2D eigenvalue weighted by Crippen LogP contribution is 2.36. The lowest BCUT2D eigenvalue weighted by molar-refractivity contribution is -0.141. The number of anilines is 1. The molecular weight excluding hydrogens is 392 g/mol. The number of hydrogen-bond acceptors (Lipinski definition) is 6. The Bertz CT molecular complexity index is 928. The number of rotatable bonds is 9. The molecule has 0 aliphatic carbocycles. The molecule has 1 saturated heterocycles. The Morgan fingerprint density at radius 1 is 1.29 bits per heavy atom. The van der Waals surface area contributed by atoms with E-state index in [-0.39, 0.29) is 6.10 Å². The van der Waals surface area contributed by atoms with Crippen LogP contribution in [0.15, 0.2) is 36.4 Å². The Hall–Kier alpha value is -3.04. The van der Waals surface area contributed by atoms with Crippen LogP contribution in [0.4, 0.5) is 5.69 Å². The molecule has 2 aromatic carbocycles. The fourth-order valence-corrected chi connectivity index (χ4v) is 3.76. The first-order valence-electron chi connectivity index (χ1n) is 10.8. The van der Waals surface area contributed by atoms with Crippen LogP contribution < -0.4 is 10.1 Å². The number of aryl methyl sites for hydroxylation is 2. The first-order valence-corrected chi connectivity index (χ1v) is 10.8. The lowest BCUT2D eigenvalue weighted by Gasteiger charge is -2.25. The lowest BCUT2D eigenvalue weighted by Crippen LogP contribution is -2.25. The first-order chi connectivity index (χ1) is 15.1. The standard InChI is InChI=1S/C25H30N2O4/c1-4-6-19-13-17(5-2)14-22(24(19)31-21-11-12-30-16-21)23(25(28)29-3)27-20-9-7-18(15-26)8-10-20/h7-10,13-14,21,23,27H,4-6,11-12,16H2,1-3H3. The number of esters is 1. The zero-order valence-corrected chi connectivity index (χ0v) is 18.4. The van der Waals surface area contributed by atoms with Crippen molar-refractivity contribution in [2.45, 2.75) is 51.7 Å². The summed E-state index contributed by atoms with van der Waals surface area (Å²) in [4.78, 5) is 12.9. The average Bonchev–Trinajstić information content (AvgIpc) is 3.32. The third-order valence-corrected chi connectivity index (χ3v) is 5.43. The van der Waals surface area contributed by atoms with Gasteiger partial charge in [-0.25, -0.2) is 4.79 Å². The van der Waals surface area contributed by atoms with E-state index in [1.165, 1.54) is 7.11 Å². The summed E-state index contributed by atoms with van der Waals surface area (Å²) in [5.41, 5.74) is 4.29. The minimum absolute atomic E-state index is 0.0324. The quantitative estimate of drug-likeness (QED) is 0.597. The molecule has 3 rings (SSSR count). The molecule has 1 fully saturated rings. The van der Waals surface area contributed by atoms with Gasteiger partial charge in [0.1, 0.15) is 11.9 Å². The second kappa shape index (κ2) is 10.8. The van der Waals surface area contributed by atoms with Crippen LogP contribution in [-0.2, 0) is 27.1 Å². The molecule has 0 aromatic heterocycles. The van der Waals surface area contributed by atoms with Gasteiger partial charge in [-0.15, -0.1) is 0 Å². The molecule has 2 aromatic rings. The van der Waals surface area contributed by atoms with E-state index in [0.29, 0.717) is 18.8 Å². The van der Waals surface area contributed by atoms with Crippen LogP contribution in [0.1, 0.15) is 55.0 Å². The number of benzene rings is 2. The zero-order chi connectivity index (χ0) is 22.2. The van der Waals surface area contributed by atoms with Gasteiger partial charge in [0.25, 0.3) is 0 Å². The number of ether oxygens (including phenoxy) is 3. The molecule has 31 heavy (non-hydrogen) atoms. The average molecular weight is 423 g/mol. The van der Waals surface area contributed by atoms with Crippen molar-refractivity contribution in [3.63, 3.8) is 0 Å². The predicted molar refractivity (Wildman–Crippen MR) is 119 cm³/mol. The van der Waals surface area contributed by atoms with Gasteiger partial charge >= 0.3 is 5.97 Å². The molecule has 1 aliphatic rings. The largest absolute Gasteiger partial charge is 0.487 e. The highest BCUT2D eigenvalue weighted by Gasteiger charge is 2.29. The second-order valence-electron chi connectivity index (χ2n) is 7.67. The fraction of sp³-hybridized carbons (Fsp3) is 0.440. The fourth-order valence-electron chi connectivity index (χ4n) is 3.76. The van der Waals surface area contributed by atoms with Crippen LogP contribution >= 0.6 is 0 Å².